The molecule has 5 heteroatoms. The van der Waals surface area contributed by atoms with E-state index >= 15 is 0 Å². The van der Waals surface area contributed by atoms with E-state index in [1.165, 1.54) is 12.8 Å². The average Bonchev–Trinajstić information content (AvgIpc) is 3.15. The van der Waals surface area contributed by atoms with Gasteiger partial charge in [-0.3, -0.25) is 9.69 Å². The highest BCUT2D eigenvalue weighted by Gasteiger charge is 2.40. The third-order valence-electron chi connectivity index (χ3n) is 5.92. The first-order chi connectivity index (χ1) is 13.3. The quantitative estimate of drug-likeness (QED) is 0.782. The summed E-state index contributed by atoms with van der Waals surface area (Å²) in [4.78, 5) is 17.8. The molecule has 0 spiro atoms. The van der Waals surface area contributed by atoms with E-state index in [0.717, 1.165) is 44.6 Å². The van der Waals surface area contributed by atoms with Crippen molar-refractivity contribution >= 4 is 5.91 Å². The summed E-state index contributed by atoms with van der Waals surface area (Å²) in [5, 5.41) is 13.0. The van der Waals surface area contributed by atoms with Crippen molar-refractivity contribution in [1.29, 1.82) is 0 Å². The molecule has 1 aliphatic carbocycles. The molecule has 1 saturated heterocycles. The molecule has 1 heterocycles. The van der Waals surface area contributed by atoms with Gasteiger partial charge in [0.1, 0.15) is 5.60 Å². The van der Waals surface area contributed by atoms with Crippen molar-refractivity contribution < 1.29 is 9.90 Å². The third-order valence-corrected chi connectivity index (χ3v) is 5.92. The number of rotatable bonds is 4. The second-order valence-electron chi connectivity index (χ2n) is 8.79. The predicted molar refractivity (Wildman–Crippen MR) is 112 cm³/mol. The first kappa shape index (κ1) is 20.9. The maximum Gasteiger partial charge on any atom is 0.251 e. The minimum absolute atomic E-state index is 0.0488. The SMILES string of the molecule is CN1CCN(C2(CNC(=O)c3cccc(C#CC(C)(C)O)c3)CCCC2)CC1. The Balaban J connectivity index is 1.66. The molecule has 2 aliphatic rings. The van der Waals surface area contributed by atoms with Gasteiger partial charge >= 0.3 is 0 Å². The molecule has 0 unspecified atom stereocenters. The highest BCUT2D eigenvalue weighted by atomic mass is 16.3. The monoisotopic (exact) mass is 383 g/mol. The summed E-state index contributed by atoms with van der Waals surface area (Å²) in [6.45, 7) is 8.35. The van der Waals surface area contributed by atoms with Crippen molar-refractivity contribution in [3.8, 4) is 11.8 Å². The van der Waals surface area contributed by atoms with Gasteiger partial charge in [-0.05, 0) is 51.9 Å². The number of carbonyl (C=O) groups excluding carboxylic acids is 1. The number of amides is 1. The molecular weight excluding hydrogens is 350 g/mol. The molecule has 3 rings (SSSR count). The van der Waals surface area contributed by atoms with Gasteiger partial charge in [-0.2, -0.15) is 0 Å². The van der Waals surface area contributed by atoms with Crippen LogP contribution in [0, 0.1) is 11.8 Å². The maximum atomic E-state index is 12.8. The number of carbonyl (C=O) groups is 1. The van der Waals surface area contributed by atoms with Crippen LogP contribution in [0.4, 0.5) is 0 Å². The number of likely N-dealkylation sites (N-methyl/N-ethyl adjacent to an activating group) is 1. The molecule has 2 N–H and O–H groups in total. The van der Waals surface area contributed by atoms with Crippen LogP contribution in [0.2, 0.25) is 0 Å². The summed E-state index contributed by atoms with van der Waals surface area (Å²) in [5.41, 5.74) is 0.420. The largest absolute Gasteiger partial charge is 0.378 e. The summed E-state index contributed by atoms with van der Waals surface area (Å²) in [7, 11) is 2.17. The lowest BCUT2D eigenvalue weighted by Gasteiger charge is -2.45. The number of nitrogens with zero attached hydrogens (tertiary/aromatic N) is 2. The molecule has 28 heavy (non-hydrogen) atoms. The fourth-order valence-electron chi connectivity index (χ4n) is 4.23. The van der Waals surface area contributed by atoms with Gasteiger partial charge in [-0.25, -0.2) is 0 Å². The van der Waals surface area contributed by atoms with Crippen LogP contribution in [0.1, 0.15) is 55.5 Å². The lowest BCUT2D eigenvalue weighted by atomic mass is 9.93. The molecule has 0 radical (unpaired) electrons. The smallest absolute Gasteiger partial charge is 0.251 e. The molecule has 152 valence electrons. The summed E-state index contributed by atoms with van der Waals surface area (Å²) in [5.74, 6) is 5.70. The molecule has 1 saturated carbocycles. The summed E-state index contributed by atoms with van der Waals surface area (Å²) >= 11 is 0. The van der Waals surface area contributed by atoms with E-state index in [9.17, 15) is 9.90 Å². The number of nitrogens with one attached hydrogen (secondary N) is 1. The zero-order chi connectivity index (χ0) is 20.2. The Morgan fingerprint density at radius 3 is 2.54 bits per heavy atom. The van der Waals surface area contributed by atoms with Crippen LogP contribution in [-0.4, -0.2) is 71.7 Å². The van der Waals surface area contributed by atoms with Gasteiger partial charge in [0, 0.05) is 49.4 Å². The van der Waals surface area contributed by atoms with Gasteiger partial charge in [-0.15, -0.1) is 0 Å². The minimum Gasteiger partial charge on any atom is -0.378 e. The van der Waals surface area contributed by atoms with Gasteiger partial charge in [0.15, 0.2) is 0 Å². The van der Waals surface area contributed by atoms with Gasteiger partial charge in [-0.1, -0.05) is 30.7 Å². The van der Waals surface area contributed by atoms with Crippen LogP contribution in [0.5, 0.6) is 0 Å². The standard InChI is InChI=1S/C23H33N3O2/c1-22(2,28)12-9-19-7-6-8-20(17-19)21(27)24-18-23(10-4-5-11-23)26-15-13-25(3)14-16-26/h6-8,17,28H,4-5,10-11,13-16,18H2,1-3H3,(H,24,27). The first-order valence-corrected chi connectivity index (χ1v) is 10.3. The molecule has 1 amide bonds. The van der Waals surface area contributed by atoms with Crippen molar-refractivity contribution in [3.63, 3.8) is 0 Å². The molecular formula is C23H33N3O2. The molecule has 1 aliphatic heterocycles. The predicted octanol–water partition coefficient (Wildman–Crippen LogP) is 2.10. The molecule has 5 nitrogen and oxygen atoms in total. The second-order valence-corrected chi connectivity index (χ2v) is 8.79. The maximum absolute atomic E-state index is 12.8. The third kappa shape index (κ3) is 5.35. The van der Waals surface area contributed by atoms with E-state index in [1.54, 1.807) is 19.9 Å². The van der Waals surface area contributed by atoms with Crippen molar-refractivity contribution in [2.75, 3.05) is 39.8 Å². The fourth-order valence-corrected chi connectivity index (χ4v) is 4.23. The minimum atomic E-state index is -1.05. The Kier molecular flexibility index (Phi) is 6.44. The summed E-state index contributed by atoms with van der Waals surface area (Å²) in [6.07, 6.45) is 4.80. The Bertz CT molecular complexity index is 743. The Hall–Kier alpha value is -1.87. The van der Waals surface area contributed by atoms with Crippen molar-refractivity contribution in [3.05, 3.63) is 35.4 Å². The van der Waals surface area contributed by atoms with E-state index in [0.29, 0.717) is 12.1 Å². The fraction of sp³-hybridized carbons (Fsp3) is 0.609. The van der Waals surface area contributed by atoms with E-state index in [1.807, 2.05) is 18.2 Å². The van der Waals surface area contributed by atoms with Crippen LogP contribution in [0.15, 0.2) is 24.3 Å². The lowest BCUT2D eigenvalue weighted by molar-refractivity contribution is 0.0414. The van der Waals surface area contributed by atoms with E-state index in [-0.39, 0.29) is 11.4 Å². The van der Waals surface area contributed by atoms with Gasteiger partial charge in [0.2, 0.25) is 0 Å². The zero-order valence-electron chi connectivity index (χ0n) is 17.4. The first-order valence-electron chi connectivity index (χ1n) is 10.3. The number of hydrogen-bond acceptors (Lipinski definition) is 4. The highest BCUT2D eigenvalue weighted by Crippen LogP contribution is 2.35. The van der Waals surface area contributed by atoms with Crippen LogP contribution >= 0.6 is 0 Å². The zero-order valence-corrected chi connectivity index (χ0v) is 17.4. The normalized spacial score (nSPS) is 20.4. The van der Waals surface area contributed by atoms with Crippen LogP contribution < -0.4 is 5.32 Å². The van der Waals surface area contributed by atoms with Crippen molar-refractivity contribution in [1.82, 2.24) is 15.1 Å². The Morgan fingerprint density at radius 1 is 1.21 bits per heavy atom. The van der Waals surface area contributed by atoms with Gasteiger partial charge < -0.3 is 15.3 Å². The van der Waals surface area contributed by atoms with E-state index in [4.69, 9.17) is 0 Å². The summed E-state index contributed by atoms with van der Waals surface area (Å²) in [6, 6.07) is 7.32. The van der Waals surface area contributed by atoms with Gasteiger partial charge in [0.05, 0.1) is 0 Å². The molecule has 1 aromatic rings. The number of benzene rings is 1. The van der Waals surface area contributed by atoms with E-state index in [2.05, 4.69) is 34.0 Å². The average molecular weight is 384 g/mol. The Labute approximate surface area is 169 Å². The molecule has 0 bridgehead atoms. The number of aliphatic hydroxyl groups is 1. The second kappa shape index (κ2) is 8.65. The van der Waals surface area contributed by atoms with Crippen LogP contribution in [-0.2, 0) is 0 Å². The highest BCUT2D eigenvalue weighted by molar-refractivity contribution is 5.94. The number of hydrogen-bond donors (Lipinski definition) is 2. The Morgan fingerprint density at radius 2 is 1.89 bits per heavy atom. The molecule has 1 aromatic carbocycles. The number of piperazine rings is 1. The van der Waals surface area contributed by atoms with Crippen molar-refractivity contribution in [2.45, 2.75) is 50.7 Å². The van der Waals surface area contributed by atoms with E-state index < -0.39 is 5.60 Å². The van der Waals surface area contributed by atoms with Crippen molar-refractivity contribution in [2.24, 2.45) is 0 Å². The lowest BCUT2D eigenvalue weighted by Crippen LogP contribution is -2.59. The van der Waals surface area contributed by atoms with Gasteiger partial charge in [0.25, 0.3) is 5.91 Å². The summed E-state index contributed by atoms with van der Waals surface area (Å²) < 4.78 is 0. The molecule has 0 aromatic heterocycles. The van der Waals surface area contributed by atoms with Crippen LogP contribution in [0.3, 0.4) is 0 Å². The molecule has 0 atom stereocenters. The topological polar surface area (TPSA) is 55.8 Å². The van der Waals surface area contributed by atoms with Crippen LogP contribution in [0.25, 0.3) is 0 Å². The molecule has 2 fully saturated rings.